The molecule has 7 heteroatoms. The van der Waals surface area contributed by atoms with Gasteiger partial charge in [0, 0.05) is 38.2 Å². The Labute approximate surface area is 148 Å². The number of hydrogen-bond acceptors (Lipinski definition) is 4. The molecule has 0 bridgehead atoms. The minimum Gasteiger partial charge on any atom is -0.370 e. The molecular weight excluding hydrogens is 318 g/mol. The zero-order valence-electron chi connectivity index (χ0n) is 14.6. The molecule has 1 fully saturated rings. The molecule has 0 aromatic heterocycles. The van der Waals surface area contributed by atoms with E-state index in [2.05, 4.69) is 17.0 Å². The molecular formula is C18H25N5O2. The number of amidine groups is 1. The van der Waals surface area contributed by atoms with E-state index in [1.54, 1.807) is 4.90 Å². The number of nitrogens with one attached hydrogen (secondary N) is 1. The summed E-state index contributed by atoms with van der Waals surface area (Å²) in [5, 5.41) is 1.90. The summed E-state index contributed by atoms with van der Waals surface area (Å²) in [5.41, 5.74) is 11.1. The molecule has 0 atom stereocenters. The third-order valence-electron chi connectivity index (χ3n) is 3.89. The molecule has 0 unspecified atom stereocenters. The number of primary amides is 1. The van der Waals surface area contributed by atoms with Crippen molar-refractivity contribution >= 4 is 23.8 Å². The number of hydrogen-bond donors (Lipinski definition) is 2. The van der Waals surface area contributed by atoms with Crippen LogP contribution in [0.25, 0.3) is 0 Å². The maximum Gasteiger partial charge on any atom is 0.218 e. The first kappa shape index (κ1) is 18.7. The van der Waals surface area contributed by atoms with Crippen molar-refractivity contribution in [2.75, 3.05) is 26.2 Å². The minimum absolute atomic E-state index is 0.245. The lowest BCUT2D eigenvalue weighted by Gasteiger charge is -2.24. The van der Waals surface area contributed by atoms with Gasteiger partial charge in [0.15, 0.2) is 0 Å². The number of rotatable bonds is 5. The van der Waals surface area contributed by atoms with Gasteiger partial charge in [-0.15, -0.1) is 0 Å². The van der Waals surface area contributed by atoms with Crippen LogP contribution >= 0.6 is 0 Å². The maximum absolute atomic E-state index is 11.2. The maximum atomic E-state index is 11.2. The van der Waals surface area contributed by atoms with E-state index in [-0.39, 0.29) is 12.3 Å². The minimum atomic E-state index is -0.354. The van der Waals surface area contributed by atoms with E-state index in [9.17, 15) is 9.59 Å². The van der Waals surface area contributed by atoms with E-state index >= 15 is 0 Å². The van der Waals surface area contributed by atoms with Crippen molar-refractivity contribution in [3.8, 4) is 0 Å². The lowest BCUT2D eigenvalue weighted by atomic mass is 10.2. The summed E-state index contributed by atoms with van der Waals surface area (Å²) in [4.78, 5) is 28.7. The second-order valence-electron chi connectivity index (χ2n) is 6.15. The number of nitrogens with two attached hydrogens (primary N) is 1. The van der Waals surface area contributed by atoms with Gasteiger partial charge in [0.25, 0.3) is 0 Å². The van der Waals surface area contributed by atoms with Crippen molar-refractivity contribution in [3.05, 3.63) is 42.0 Å². The van der Waals surface area contributed by atoms with Crippen molar-refractivity contribution in [1.82, 2.24) is 15.3 Å². The Kier molecular flexibility index (Phi) is 6.71. The van der Waals surface area contributed by atoms with Crippen LogP contribution in [0.3, 0.4) is 0 Å². The Balaban J connectivity index is 2.27. The van der Waals surface area contributed by atoms with Crippen LogP contribution in [0.15, 0.2) is 41.4 Å². The highest BCUT2D eigenvalue weighted by atomic mass is 16.1. The Morgan fingerprint density at radius 1 is 1.44 bits per heavy atom. The fourth-order valence-electron chi connectivity index (χ4n) is 2.58. The smallest absolute Gasteiger partial charge is 0.218 e. The highest BCUT2D eigenvalue weighted by molar-refractivity contribution is 5.99. The fraction of sp³-hybridized carbons (Fsp3) is 0.389. The highest BCUT2D eigenvalue weighted by Crippen LogP contribution is 2.15. The first-order chi connectivity index (χ1) is 12.0. The van der Waals surface area contributed by atoms with E-state index in [4.69, 9.17) is 5.73 Å². The summed E-state index contributed by atoms with van der Waals surface area (Å²) in [6.07, 6.45) is 1.85. The lowest BCUT2D eigenvalue weighted by molar-refractivity contribution is -0.118. The summed E-state index contributed by atoms with van der Waals surface area (Å²) in [6, 6.07) is 7.82. The summed E-state index contributed by atoms with van der Waals surface area (Å²) in [7, 11) is 0. The van der Waals surface area contributed by atoms with Gasteiger partial charge in [-0.1, -0.05) is 18.7 Å². The second-order valence-corrected chi connectivity index (χ2v) is 6.15. The Morgan fingerprint density at radius 2 is 2.24 bits per heavy atom. The third kappa shape index (κ3) is 6.04. The van der Waals surface area contributed by atoms with Gasteiger partial charge in [-0.2, -0.15) is 0 Å². The number of aryl methyl sites for hydroxylation is 1. The van der Waals surface area contributed by atoms with E-state index in [1.165, 1.54) is 0 Å². The van der Waals surface area contributed by atoms with Crippen molar-refractivity contribution < 1.29 is 9.59 Å². The lowest BCUT2D eigenvalue weighted by Crippen LogP contribution is -2.44. The molecule has 0 saturated carbocycles. The predicted octanol–water partition coefficient (Wildman–Crippen LogP) is 1.13. The monoisotopic (exact) mass is 343 g/mol. The molecule has 1 aromatic rings. The number of benzene rings is 1. The molecule has 0 aliphatic carbocycles. The average molecular weight is 343 g/mol. The van der Waals surface area contributed by atoms with Crippen LogP contribution in [0.4, 0.5) is 5.69 Å². The van der Waals surface area contributed by atoms with Crippen LogP contribution < -0.4 is 11.2 Å². The molecule has 2 rings (SSSR count). The molecule has 0 radical (unpaired) electrons. The molecule has 7 nitrogen and oxygen atoms in total. The number of aliphatic imine (C=N–C) groups is 1. The molecule has 1 aliphatic rings. The number of hydrazine groups is 1. The second kappa shape index (κ2) is 8.98. The van der Waals surface area contributed by atoms with Crippen molar-refractivity contribution in [2.24, 2.45) is 10.7 Å². The van der Waals surface area contributed by atoms with Crippen molar-refractivity contribution in [3.63, 3.8) is 0 Å². The number of carbonyl (C=O) groups is 2. The Hall–Kier alpha value is -2.67. The summed E-state index contributed by atoms with van der Waals surface area (Å²) < 4.78 is 0. The Morgan fingerprint density at radius 3 is 2.92 bits per heavy atom. The molecule has 1 aliphatic heterocycles. The molecule has 1 heterocycles. The predicted molar refractivity (Wildman–Crippen MR) is 98.2 cm³/mol. The molecule has 1 saturated heterocycles. The molecule has 3 N–H and O–H groups in total. The van der Waals surface area contributed by atoms with Gasteiger partial charge in [-0.05, 0) is 31.0 Å². The van der Waals surface area contributed by atoms with Crippen LogP contribution in [-0.2, 0) is 9.59 Å². The summed E-state index contributed by atoms with van der Waals surface area (Å²) in [5.74, 6) is 0.232. The molecule has 1 aromatic carbocycles. The van der Waals surface area contributed by atoms with Crippen LogP contribution in [0.2, 0.25) is 0 Å². The van der Waals surface area contributed by atoms with E-state index in [1.807, 2.05) is 36.2 Å². The van der Waals surface area contributed by atoms with Crippen molar-refractivity contribution in [2.45, 2.75) is 19.8 Å². The number of amides is 2. The number of nitrogens with zero attached hydrogens (tertiary/aromatic N) is 3. The van der Waals surface area contributed by atoms with Crippen LogP contribution in [0.1, 0.15) is 18.4 Å². The van der Waals surface area contributed by atoms with E-state index in [0.29, 0.717) is 37.6 Å². The normalized spacial score (nSPS) is 18.2. The van der Waals surface area contributed by atoms with Gasteiger partial charge >= 0.3 is 0 Å². The van der Waals surface area contributed by atoms with E-state index < -0.39 is 0 Å². The molecule has 134 valence electrons. The molecule has 25 heavy (non-hydrogen) atoms. The number of carbonyl (C=O) groups excluding carboxylic acids is 2. The molecule has 0 spiro atoms. The summed E-state index contributed by atoms with van der Waals surface area (Å²) >= 11 is 0. The topological polar surface area (TPSA) is 91.0 Å². The standard InChI is InChI=1S/C18H25N5O2/c1-14-5-3-6-16(11-14)20-18-15(2)12-22(13-24)8-4-9-23(21-18)10-7-17(19)25/h3,5-6,11,13H,2,4,7-10,12H2,1H3,(H2,19,25)(H,20,21). The first-order valence-corrected chi connectivity index (χ1v) is 8.30. The van der Waals surface area contributed by atoms with Crippen LogP contribution in [-0.4, -0.2) is 54.2 Å². The van der Waals surface area contributed by atoms with Gasteiger partial charge in [0.2, 0.25) is 12.3 Å². The quantitative estimate of drug-likeness (QED) is 0.784. The highest BCUT2D eigenvalue weighted by Gasteiger charge is 2.17. The van der Waals surface area contributed by atoms with Gasteiger partial charge in [-0.25, -0.2) is 10.0 Å². The molecule has 2 amide bonds. The van der Waals surface area contributed by atoms with Gasteiger partial charge in [0.05, 0.1) is 5.69 Å². The largest absolute Gasteiger partial charge is 0.370 e. The van der Waals surface area contributed by atoms with Gasteiger partial charge in [-0.3, -0.25) is 9.59 Å². The van der Waals surface area contributed by atoms with Crippen molar-refractivity contribution in [1.29, 1.82) is 0 Å². The summed E-state index contributed by atoms with van der Waals surface area (Å²) in [6.45, 7) is 8.24. The van der Waals surface area contributed by atoms with E-state index in [0.717, 1.165) is 24.1 Å². The van der Waals surface area contributed by atoms with Gasteiger partial charge in [0.1, 0.15) is 5.84 Å². The first-order valence-electron chi connectivity index (χ1n) is 8.30. The Bertz CT molecular complexity index is 671. The SMILES string of the molecule is C=C1CN(C=O)CCCN(CCC(N)=O)NC1=Nc1cccc(C)c1. The zero-order chi connectivity index (χ0) is 18.2. The van der Waals surface area contributed by atoms with Gasteiger partial charge < -0.3 is 16.1 Å². The van der Waals surface area contributed by atoms with Crippen LogP contribution in [0, 0.1) is 6.92 Å². The fourth-order valence-corrected chi connectivity index (χ4v) is 2.58. The average Bonchev–Trinajstić information content (AvgIpc) is 2.63. The third-order valence-corrected chi connectivity index (χ3v) is 3.89. The zero-order valence-corrected chi connectivity index (χ0v) is 14.6. The van der Waals surface area contributed by atoms with Crippen LogP contribution in [0.5, 0.6) is 0 Å².